The molecule has 92 valence electrons. The Morgan fingerprint density at radius 1 is 1.06 bits per heavy atom. The van der Waals surface area contributed by atoms with Crippen molar-refractivity contribution >= 4 is 5.69 Å². The maximum absolute atomic E-state index is 13.0. The summed E-state index contributed by atoms with van der Waals surface area (Å²) in [7, 11) is 0. The number of benzene rings is 2. The number of fused-ring (bicyclic) bond motifs is 1. The molecule has 1 unspecified atom stereocenters. The second-order valence-electron chi connectivity index (χ2n) is 4.61. The summed E-state index contributed by atoms with van der Waals surface area (Å²) >= 11 is 0. The lowest BCUT2D eigenvalue weighted by Crippen LogP contribution is -2.24. The maximum Gasteiger partial charge on any atom is 0.160 e. The average Bonchev–Trinajstić information content (AvgIpc) is 2.35. The Kier molecular flexibility index (Phi) is 2.74. The molecular formula is C15H13F2N. The van der Waals surface area contributed by atoms with Gasteiger partial charge in [0.1, 0.15) is 0 Å². The topological polar surface area (TPSA) is 12.0 Å². The second kappa shape index (κ2) is 4.41. The van der Waals surface area contributed by atoms with Crippen LogP contribution in [-0.4, -0.2) is 6.54 Å². The molecule has 1 aliphatic rings. The third-order valence-corrected chi connectivity index (χ3v) is 3.43. The van der Waals surface area contributed by atoms with E-state index in [-0.39, 0.29) is 0 Å². The Morgan fingerprint density at radius 2 is 1.89 bits per heavy atom. The van der Waals surface area contributed by atoms with Crippen LogP contribution in [0.1, 0.15) is 17.0 Å². The highest BCUT2D eigenvalue weighted by atomic mass is 19.2. The van der Waals surface area contributed by atoms with Crippen LogP contribution in [0, 0.1) is 11.6 Å². The lowest BCUT2D eigenvalue weighted by atomic mass is 9.77. The van der Waals surface area contributed by atoms with Gasteiger partial charge >= 0.3 is 0 Å². The van der Waals surface area contributed by atoms with E-state index in [0.29, 0.717) is 11.6 Å². The number of hydrogen-bond donors (Lipinski definition) is 1. The van der Waals surface area contributed by atoms with E-state index in [1.807, 2.05) is 12.1 Å². The van der Waals surface area contributed by atoms with E-state index in [1.165, 1.54) is 17.2 Å². The van der Waals surface area contributed by atoms with Gasteiger partial charge < -0.3 is 5.32 Å². The summed E-state index contributed by atoms with van der Waals surface area (Å²) < 4.78 is 25.8. The molecule has 1 nitrogen and oxygen atoms in total. The van der Waals surface area contributed by atoms with Crippen molar-refractivity contribution in [2.24, 2.45) is 0 Å². The summed E-state index contributed by atoms with van der Waals surface area (Å²) in [6.07, 6.45) is 1.05. The normalized spacial score (nSPS) is 16.9. The zero-order valence-corrected chi connectivity index (χ0v) is 9.79. The summed E-state index contributed by atoms with van der Waals surface area (Å²) in [4.78, 5) is 0. The van der Waals surface area contributed by atoms with Crippen LogP contribution in [-0.2, 0) is 6.42 Å². The molecule has 1 atom stereocenters. The van der Waals surface area contributed by atoms with Crippen molar-refractivity contribution in [1.29, 1.82) is 0 Å². The first-order valence-electron chi connectivity index (χ1n) is 6.01. The summed E-state index contributed by atoms with van der Waals surface area (Å²) in [6, 6.07) is 12.2. The first-order chi connectivity index (χ1) is 8.74. The smallest absolute Gasteiger partial charge is 0.160 e. The Labute approximate surface area is 104 Å². The molecule has 0 heterocycles. The molecular weight excluding hydrogens is 232 g/mol. The van der Waals surface area contributed by atoms with Crippen molar-refractivity contribution in [1.82, 2.24) is 0 Å². The van der Waals surface area contributed by atoms with E-state index in [0.717, 1.165) is 19.0 Å². The molecule has 0 spiro atoms. The van der Waals surface area contributed by atoms with Crippen LogP contribution in [0.25, 0.3) is 0 Å². The van der Waals surface area contributed by atoms with Gasteiger partial charge in [0.05, 0.1) is 0 Å². The SMILES string of the molecule is Fc1ccc(NCC2Cc3ccccc32)cc1F. The van der Waals surface area contributed by atoms with E-state index in [4.69, 9.17) is 0 Å². The Morgan fingerprint density at radius 3 is 2.67 bits per heavy atom. The molecule has 0 bridgehead atoms. The monoisotopic (exact) mass is 245 g/mol. The largest absolute Gasteiger partial charge is 0.384 e. The van der Waals surface area contributed by atoms with Crippen molar-refractivity contribution < 1.29 is 8.78 Å². The molecule has 3 heteroatoms. The first-order valence-corrected chi connectivity index (χ1v) is 6.01. The van der Waals surface area contributed by atoms with Gasteiger partial charge in [-0.15, -0.1) is 0 Å². The fourth-order valence-corrected chi connectivity index (χ4v) is 2.39. The van der Waals surface area contributed by atoms with Gasteiger partial charge in [0, 0.05) is 18.2 Å². The van der Waals surface area contributed by atoms with Crippen molar-refractivity contribution in [3.8, 4) is 0 Å². The molecule has 2 aromatic rings. The zero-order chi connectivity index (χ0) is 12.5. The molecule has 0 aromatic heterocycles. The van der Waals surface area contributed by atoms with Gasteiger partial charge in [-0.3, -0.25) is 0 Å². The van der Waals surface area contributed by atoms with Crippen LogP contribution < -0.4 is 5.32 Å². The third kappa shape index (κ3) is 1.96. The highest BCUT2D eigenvalue weighted by Gasteiger charge is 2.24. The molecule has 3 rings (SSSR count). The fraction of sp³-hybridized carbons (Fsp3) is 0.200. The number of hydrogen-bond acceptors (Lipinski definition) is 1. The highest BCUT2D eigenvalue weighted by Crippen LogP contribution is 2.34. The third-order valence-electron chi connectivity index (χ3n) is 3.43. The predicted molar refractivity (Wildman–Crippen MR) is 67.7 cm³/mol. The number of halogens is 2. The van der Waals surface area contributed by atoms with Crippen molar-refractivity contribution in [2.45, 2.75) is 12.3 Å². The molecule has 0 fully saturated rings. The van der Waals surface area contributed by atoms with E-state index in [9.17, 15) is 8.78 Å². The predicted octanol–water partition coefficient (Wildman–Crippen LogP) is 3.72. The van der Waals surface area contributed by atoms with Gasteiger partial charge in [-0.05, 0) is 35.7 Å². The van der Waals surface area contributed by atoms with Gasteiger partial charge in [-0.2, -0.15) is 0 Å². The maximum atomic E-state index is 13.0. The summed E-state index contributed by atoms with van der Waals surface area (Å²) in [5, 5.41) is 3.15. The molecule has 18 heavy (non-hydrogen) atoms. The highest BCUT2D eigenvalue weighted by molar-refractivity contribution is 5.46. The number of anilines is 1. The molecule has 0 saturated carbocycles. The standard InChI is InChI=1S/C15H13F2N/c16-14-6-5-12(8-15(14)17)18-9-11-7-10-3-1-2-4-13(10)11/h1-6,8,11,18H,7,9H2. The van der Waals surface area contributed by atoms with Gasteiger partial charge in [-0.25, -0.2) is 8.78 Å². The molecule has 0 saturated heterocycles. The minimum absolute atomic E-state index is 0.467. The van der Waals surface area contributed by atoms with Crippen LogP contribution in [0.4, 0.5) is 14.5 Å². The lowest BCUT2D eigenvalue weighted by Gasteiger charge is -2.30. The number of nitrogens with one attached hydrogen (secondary N) is 1. The van der Waals surface area contributed by atoms with Gasteiger partial charge in [0.25, 0.3) is 0 Å². The minimum Gasteiger partial charge on any atom is -0.384 e. The molecule has 0 aliphatic heterocycles. The molecule has 1 N–H and O–H groups in total. The average molecular weight is 245 g/mol. The van der Waals surface area contributed by atoms with Crippen LogP contribution in [0.15, 0.2) is 42.5 Å². The van der Waals surface area contributed by atoms with Crippen molar-refractivity contribution in [2.75, 3.05) is 11.9 Å². The number of rotatable bonds is 3. The van der Waals surface area contributed by atoms with Crippen molar-refractivity contribution in [3.63, 3.8) is 0 Å². The minimum atomic E-state index is -0.811. The van der Waals surface area contributed by atoms with Gasteiger partial charge in [-0.1, -0.05) is 24.3 Å². The van der Waals surface area contributed by atoms with E-state index >= 15 is 0 Å². The van der Waals surface area contributed by atoms with Crippen LogP contribution in [0.3, 0.4) is 0 Å². The quantitative estimate of drug-likeness (QED) is 0.869. The van der Waals surface area contributed by atoms with E-state index in [1.54, 1.807) is 6.07 Å². The van der Waals surface area contributed by atoms with Crippen molar-refractivity contribution in [3.05, 3.63) is 65.2 Å². The Bertz CT molecular complexity index is 580. The Balaban J connectivity index is 1.65. The van der Waals surface area contributed by atoms with Crippen LogP contribution in [0.5, 0.6) is 0 Å². The summed E-state index contributed by atoms with van der Waals surface area (Å²) in [5.41, 5.74) is 3.36. The molecule has 1 aliphatic carbocycles. The molecule has 0 amide bonds. The first kappa shape index (κ1) is 11.2. The van der Waals surface area contributed by atoms with Gasteiger partial charge in [0.15, 0.2) is 11.6 Å². The lowest BCUT2D eigenvalue weighted by molar-refractivity contribution is 0.509. The van der Waals surface area contributed by atoms with Crippen LogP contribution >= 0.6 is 0 Å². The Hall–Kier alpha value is -1.90. The molecule has 0 radical (unpaired) electrons. The van der Waals surface area contributed by atoms with E-state index in [2.05, 4.69) is 17.4 Å². The molecule has 2 aromatic carbocycles. The zero-order valence-electron chi connectivity index (χ0n) is 9.79. The second-order valence-corrected chi connectivity index (χ2v) is 4.61. The van der Waals surface area contributed by atoms with Gasteiger partial charge in [0.2, 0.25) is 0 Å². The summed E-state index contributed by atoms with van der Waals surface area (Å²) in [6.45, 7) is 0.752. The van der Waals surface area contributed by atoms with E-state index < -0.39 is 11.6 Å². The van der Waals surface area contributed by atoms with Crippen LogP contribution in [0.2, 0.25) is 0 Å². The fourth-order valence-electron chi connectivity index (χ4n) is 2.39. The summed E-state index contributed by atoms with van der Waals surface area (Å²) in [5.74, 6) is -1.15.